The van der Waals surface area contributed by atoms with E-state index in [0.29, 0.717) is 23.5 Å². The molecule has 0 aliphatic carbocycles. The zero-order valence-electron chi connectivity index (χ0n) is 17.1. The van der Waals surface area contributed by atoms with Crippen molar-refractivity contribution in [2.45, 2.75) is 13.0 Å². The second-order valence-corrected chi connectivity index (χ2v) is 7.79. The van der Waals surface area contributed by atoms with E-state index in [-0.39, 0.29) is 0 Å². The third-order valence-corrected chi connectivity index (χ3v) is 5.72. The molecule has 1 aromatic carbocycles. The molecule has 2 aliphatic rings. The van der Waals surface area contributed by atoms with Crippen LogP contribution in [-0.2, 0) is 4.74 Å². The van der Waals surface area contributed by atoms with Crippen LogP contribution in [0.4, 0.5) is 26.4 Å². The highest BCUT2D eigenvalue weighted by Crippen LogP contribution is 2.24. The number of aryl methyl sites for hydroxylation is 1. The Bertz CT molecular complexity index is 1080. The van der Waals surface area contributed by atoms with Gasteiger partial charge in [-0.1, -0.05) is 6.07 Å². The Balaban J connectivity index is 1.28. The molecule has 5 rings (SSSR count). The highest BCUT2D eigenvalue weighted by molar-refractivity contribution is 5.56. The van der Waals surface area contributed by atoms with Crippen LogP contribution in [0, 0.1) is 18.6 Å². The van der Waals surface area contributed by atoms with Gasteiger partial charge in [0.2, 0.25) is 5.95 Å². The Kier molecular flexibility index (Phi) is 5.24. The lowest BCUT2D eigenvalue weighted by Gasteiger charge is -2.43. The first-order chi connectivity index (χ1) is 15.1. The van der Waals surface area contributed by atoms with Crippen LogP contribution in [0.1, 0.15) is 5.56 Å². The van der Waals surface area contributed by atoms with Gasteiger partial charge < -0.3 is 15.0 Å². The molecule has 162 valence electrons. The smallest absolute Gasteiger partial charge is 0.248 e. The lowest BCUT2D eigenvalue weighted by atomic mass is 10.1. The first-order valence-corrected chi connectivity index (χ1v) is 10.3. The second-order valence-electron chi connectivity index (χ2n) is 7.79. The molecule has 2 fully saturated rings. The summed E-state index contributed by atoms with van der Waals surface area (Å²) < 4.78 is 33.3. The predicted octanol–water partition coefficient (Wildman–Crippen LogP) is 2.51. The van der Waals surface area contributed by atoms with Gasteiger partial charge in [0.05, 0.1) is 24.9 Å². The Morgan fingerprint density at radius 1 is 1.03 bits per heavy atom. The number of pyridine rings is 1. The van der Waals surface area contributed by atoms with E-state index in [1.165, 1.54) is 17.1 Å². The molecule has 0 atom stereocenters. The fourth-order valence-electron chi connectivity index (χ4n) is 3.83. The third kappa shape index (κ3) is 4.08. The number of aromatic nitrogens is 4. The Morgan fingerprint density at radius 3 is 2.55 bits per heavy atom. The minimum Gasteiger partial charge on any atom is -0.378 e. The van der Waals surface area contributed by atoms with Gasteiger partial charge in [-0.05, 0) is 30.7 Å². The lowest BCUT2D eigenvalue weighted by Crippen LogP contribution is -2.56. The van der Waals surface area contributed by atoms with Gasteiger partial charge >= 0.3 is 0 Å². The number of nitrogens with one attached hydrogen (secondary N) is 1. The number of ether oxygens (including phenoxy) is 1. The van der Waals surface area contributed by atoms with Gasteiger partial charge in [0.15, 0.2) is 11.6 Å². The van der Waals surface area contributed by atoms with Crippen molar-refractivity contribution in [3.63, 3.8) is 0 Å². The van der Waals surface area contributed by atoms with Crippen molar-refractivity contribution in [2.24, 2.45) is 0 Å². The predicted molar refractivity (Wildman–Crippen MR) is 112 cm³/mol. The van der Waals surface area contributed by atoms with E-state index in [1.54, 1.807) is 0 Å². The van der Waals surface area contributed by atoms with Crippen molar-refractivity contribution < 1.29 is 13.5 Å². The summed E-state index contributed by atoms with van der Waals surface area (Å²) in [6.45, 7) is 7.53. The van der Waals surface area contributed by atoms with Crippen LogP contribution in [0.5, 0.6) is 0 Å². The Labute approximate surface area is 178 Å². The Morgan fingerprint density at radius 2 is 1.84 bits per heavy atom. The fraction of sp³-hybridized carbons (Fsp3) is 0.381. The molecule has 0 unspecified atom stereocenters. The van der Waals surface area contributed by atoms with E-state index >= 15 is 0 Å². The summed E-state index contributed by atoms with van der Waals surface area (Å²) in [4.78, 5) is 13.8. The summed E-state index contributed by atoms with van der Waals surface area (Å²) in [6.07, 6.45) is 1.44. The number of nitrogens with zero attached hydrogens (tertiary/aromatic N) is 6. The minimum atomic E-state index is -0.933. The van der Waals surface area contributed by atoms with Crippen molar-refractivity contribution in [3.05, 3.63) is 53.9 Å². The minimum absolute atomic E-state index is 0.321. The molecular weight excluding hydrogens is 404 g/mol. The zero-order chi connectivity index (χ0) is 21.4. The molecular formula is C21H23F2N7O. The number of rotatable bonds is 5. The van der Waals surface area contributed by atoms with Crippen molar-refractivity contribution in [3.8, 4) is 5.69 Å². The maximum Gasteiger partial charge on any atom is 0.248 e. The van der Waals surface area contributed by atoms with Crippen LogP contribution < -0.4 is 10.2 Å². The highest BCUT2D eigenvalue weighted by atomic mass is 19.2. The summed E-state index contributed by atoms with van der Waals surface area (Å²) in [5, 5.41) is 7.39. The van der Waals surface area contributed by atoms with Gasteiger partial charge in [0, 0.05) is 32.2 Å². The van der Waals surface area contributed by atoms with E-state index in [2.05, 4.69) is 25.2 Å². The average molecular weight is 427 g/mol. The number of halogens is 2. The summed E-state index contributed by atoms with van der Waals surface area (Å²) in [7, 11) is 0. The van der Waals surface area contributed by atoms with E-state index in [4.69, 9.17) is 9.72 Å². The summed E-state index contributed by atoms with van der Waals surface area (Å²) in [6, 6.07) is 8.02. The first-order valence-electron chi connectivity index (χ1n) is 10.3. The van der Waals surface area contributed by atoms with Crippen molar-refractivity contribution >= 4 is 17.6 Å². The molecule has 0 bridgehead atoms. The average Bonchev–Trinajstić information content (AvgIpc) is 3.19. The molecule has 0 saturated carbocycles. The van der Waals surface area contributed by atoms with E-state index in [0.717, 1.165) is 62.9 Å². The monoisotopic (exact) mass is 427 g/mol. The third-order valence-electron chi connectivity index (χ3n) is 5.72. The number of hydrogen-bond donors (Lipinski definition) is 1. The molecule has 3 aromatic rings. The maximum absolute atomic E-state index is 13.5. The summed E-state index contributed by atoms with van der Waals surface area (Å²) in [5.41, 5.74) is 1.48. The van der Waals surface area contributed by atoms with Gasteiger partial charge in [-0.25, -0.2) is 18.4 Å². The van der Waals surface area contributed by atoms with Crippen LogP contribution in [0.25, 0.3) is 5.69 Å². The molecule has 2 saturated heterocycles. The molecule has 1 N–H and O–H groups in total. The van der Waals surface area contributed by atoms with Crippen LogP contribution >= 0.6 is 0 Å². The fourth-order valence-corrected chi connectivity index (χ4v) is 3.83. The number of hydrogen-bond acceptors (Lipinski definition) is 7. The molecule has 0 amide bonds. The Hall–Kier alpha value is -3.11. The molecule has 4 heterocycles. The number of benzene rings is 1. The van der Waals surface area contributed by atoms with Gasteiger partial charge in [0.1, 0.15) is 18.0 Å². The number of anilines is 3. The quantitative estimate of drug-likeness (QED) is 0.671. The molecule has 2 aliphatic heterocycles. The van der Waals surface area contributed by atoms with Gasteiger partial charge in [-0.3, -0.25) is 4.90 Å². The summed E-state index contributed by atoms with van der Waals surface area (Å²) in [5.74, 6) is 0.0487. The lowest BCUT2D eigenvalue weighted by molar-refractivity contribution is -0.0661. The van der Waals surface area contributed by atoms with Crippen LogP contribution in [-0.4, -0.2) is 70.1 Å². The van der Waals surface area contributed by atoms with Crippen LogP contribution in [0.15, 0.2) is 36.7 Å². The van der Waals surface area contributed by atoms with Gasteiger partial charge in [-0.15, -0.1) is 5.10 Å². The topological polar surface area (TPSA) is 71.3 Å². The maximum atomic E-state index is 13.5. The molecule has 0 spiro atoms. The highest BCUT2D eigenvalue weighted by Gasteiger charge is 2.29. The largest absolute Gasteiger partial charge is 0.378 e. The van der Waals surface area contributed by atoms with Crippen molar-refractivity contribution in [1.29, 1.82) is 0 Å². The zero-order valence-corrected chi connectivity index (χ0v) is 17.1. The van der Waals surface area contributed by atoms with Crippen LogP contribution in [0.3, 0.4) is 0 Å². The number of piperazine rings is 1. The molecule has 31 heavy (non-hydrogen) atoms. The summed E-state index contributed by atoms with van der Waals surface area (Å²) >= 11 is 0. The van der Waals surface area contributed by atoms with Gasteiger partial charge in [0.25, 0.3) is 0 Å². The molecule has 0 radical (unpaired) electrons. The SMILES string of the molecule is Cc1ccc(Nc2ncn(-c3ccc(F)c(F)c3)n2)nc1N1CCN(C2COC2)CC1. The first kappa shape index (κ1) is 19.8. The van der Waals surface area contributed by atoms with E-state index in [1.807, 2.05) is 19.1 Å². The normalized spacial score (nSPS) is 17.6. The van der Waals surface area contributed by atoms with Crippen molar-refractivity contribution in [2.75, 3.05) is 49.6 Å². The van der Waals surface area contributed by atoms with Crippen LogP contribution in [0.2, 0.25) is 0 Å². The molecule has 8 nitrogen and oxygen atoms in total. The van der Waals surface area contributed by atoms with Crippen molar-refractivity contribution in [1.82, 2.24) is 24.6 Å². The molecule has 10 heteroatoms. The van der Waals surface area contributed by atoms with E-state index < -0.39 is 11.6 Å². The second kappa shape index (κ2) is 8.20. The standard InChI is InChI=1S/C21H23F2N7O/c1-14-2-5-19(25-20(14)29-8-6-28(7-9-29)16-11-31-12-16)26-21-24-13-30(27-21)15-3-4-17(22)18(23)10-15/h2-5,10,13,16H,6-9,11-12H2,1H3,(H,25,26,27). The molecule has 2 aromatic heterocycles. The van der Waals surface area contributed by atoms with E-state index in [9.17, 15) is 8.78 Å². The van der Waals surface area contributed by atoms with Gasteiger partial charge in [-0.2, -0.15) is 4.98 Å².